The number of nitrogens with zero attached hydrogens (tertiary/aromatic N) is 2. The normalized spacial score (nSPS) is 10.4. The van der Waals surface area contributed by atoms with Crippen molar-refractivity contribution < 1.29 is 14.3 Å². The zero-order valence-electron chi connectivity index (χ0n) is 16.0. The molecule has 8 heteroatoms. The molecule has 3 rings (SSSR count). The Morgan fingerprint density at radius 2 is 1.76 bits per heavy atom. The number of ether oxygens (including phenoxy) is 2. The van der Waals surface area contributed by atoms with Crippen molar-refractivity contribution in [1.29, 1.82) is 0 Å². The highest BCUT2D eigenvalue weighted by molar-refractivity contribution is 6.30. The molecule has 1 aromatic heterocycles. The summed E-state index contributed by atoms with van der Waals surface area (Å²) in [7, 11) is 3.03. The van der Waals surface area contributed by atoms with Crippen molar-refractivity contribution >= 4 is 17.5 Å². The van der Waals surface area contributed by atoms with Crippen LogP contribution in [0.3, 0.4) is 0 Å². The quantitative estimate of drug-likeness (QED) is 0.643. The van der Waals surface area contributed by atoms with Crippen LogP contribution in [0.25, 0.3) is 11.3 Å². The van der Waals surface area contributed by atoms with Crippen LogP contribution >= 0.6 is 11.6 Å². The molecule has 29 heavy (non-hydrogen) atoms. The highest BCUT2D eigenvalue weighted by Gasteiger charge is 2.11. The first-order valence-corrected chi connectivity index (χ1v) is 9.24. The van der Waals surface area contributed by atoms with E-state index >= 15 is 0 Å². The van der Waals surface area contributed by atoms with Crippen LogP contribution in [0, 0.1) is 0 Å². The number of amides is 1. The fourth-order valence-electron chi connectivity index (χ4n) is 2.74. The van der Waals surface area contributed by atoms with E-state index in [2.05, 4.69) is 10.4 Å². The predicted octanol–water partition coefficient (Wildman–Crippen LogP) is 3.01. The van der Waals surface area contributed by atoms with Crippen molar-refractivity contribution in [1.82, 2.24) is 15.1 Å². The topological polar surface area (TPSA) is 82.5 Å². The van der Waals surface area contributed by atoms with E-state index in [9.17, 15) is 9.59 Å². The maximum Gasteiger partial charge on any atom is 0.266 e. The minimum atomic E-state index is -0.284. The lowest BCUT2D eigenvalue weighted by Crippen LogP contribution is -2.32. The van der Waals surface area contributed by atoms with Gasteiger partial charge in [0.2, 0.25) is 0 Å². The van der Waals surface area contributed by atoms with Gasteiger partial charge in [0.15, 0.2) is 11.5 Å². The maximum absolute atomic E-state index is 12.4. The molecule has 3 aromatic rings. The van der Waals surface area contributed by atoms with Gasteiger partial charge in [-0.3, -0.25) is 9.59 Å². The van der Waals surface area contributed by atoms with Gasteiger partial charge in [-0.25, -0.2) is 4.68 Å². The Hall–Kier alpha value is -3.32. The molecule has 0 saturated carbocycles. The van der Waals surface area contributed by atoms with Crippen LogP contribution in [0.4, 0.5) is 0 Å². The summed E-state index contributed by atoms with van der Waals surface area (Å²) in [5.41, 5.74) is 1.67. The molecular weight excluding hydrogens is 394 g/mol. The van der Waals surface area contributed by atoms with Gasteiger partial charge in [0, 0.05) is 28.8 Å². The van der Waals surface area contributed by atoms with Crippen LogP contribution in [0.5, 0.6) is 11.5 Å². The Morgan fingerprint density at radius 3 is 2.45 bits per heavy atom. The van der Waals surface area contributed by atoms with E-state index < -0.39 is 0 Å². The number of rotatable bonds is 7. The molecule has 0 atom stereocenters. The summed E-state index contributed by atoms with van der Waals surface area (Å²) in [4.78, 5) is 24.5. The smallest absolute Gasteiger partial charge is 0.266 e. The van der Waals surface area contributed by atoms with E-state index in [1.807, 2.05) is 12.1 Å². The molecule has 150 valence electrons. The molecule has 0 spiro atoms. The van der Waals surface area contributed by atoms with Crippen LogP contribution in [-0.2, 0) is 6.54 Å². The first kappa shape index (κ1) is 20.4. The molecule has 0 bridgehead atoms. The van der Waals surface area contributed by atoms with Gasteiger partial charge < -0.3 is 14.8 Å². The van der Waals surface area contributed by atoms with E-state index in [1.54, 1.807) is 36.4 Å². The number of nitrogens with one attached hydrogen (secondary N) is 1. The lowest BCUT2D eigenvalue weighted by molar-refractivity contribution is 0.0951. The van der Waals surface area contributed by atoms with E-state index in [-0.39, 0.29) is 24.6 Å². The molecule has 1 N–H and O–H groups in total. The predicted molar refractivity (Wildman–Crippen MR) is 111 cm³/mol. The summed E-state index contributed by atoms with van der Waals surface area (Å²) in [6.45, 7) is 0.476. The fraction of sp³-hybridized carbons (Fsp3) is 0.190. The molecule has 0 aliphatic carbocycles. The number of benzene rings is 2. The summed E-state index contributed by atoms with van der Waals surface area (Å²) >= 11 is 5.91. The molecule has 1 heterocycles. The Morgan fingerprint density at radius 1 is 1.03 bits per heavy atom. The standard InChI is InChI=1S/C21H20ClN3O4/c1-28-18-9-5-15(13-19(18)29-2)21(27)23-11-12-25-20(26)10-8-17(24-25)14-3-6-16(22)7-4-14/h3-10,13H,11-12H2,1-2H3,(H,23,27). The third-order valence-corrected chi connectivity index (χ3v) is 4.51. The van der Waals surface area contributed by atoms with Gasteiger partial charge in [-0.05, 0) is 36.4 Å². The van der Waals surface area contributed by atoms with E-state index in [4.69, 9.17) is 21.1 Å². The van der Waals surface area contributed by atoms with Crippen LogP contribution in [0.1, 0.15) is 10.4 Å². The zero-order chi connectivity index (χ0) is 20.8. The van der Waals surface area contributed by atoms with E-state index in [1.165, 1.54) is 25.0 Å². The summed E-state index contributed by atoms with van der Waals surface area (Å²) < 4.78 is 11.7. The largest absolute Gasteiger partial charge is 0.493 e. The second kappa shape index (κ2) is 9.25. The molecule has 2 aromatic carbocycles. The highest BCUT2D eigenvalue weighted by Crippen LogP contribution is 2.27. The van der Waals surface area contributed by atoms with E-state index in [0.29, 0.717) is 27.8 Å². The molecule has 0 saturated heterocycles. The molecule has 0 fully saturated rings. The SMILES string of the molecule is COc1ccc(C(=O)NCCn2nc(-c3ccc(Cl)cc3)ccc2=O)cc1OC. The molecule has 0 aliphatic rings. The van der Waals surface area contributed by atoms with Crippen LogP contribution in [-0.4, -0.2) is 36.5 Å². The molecule has 0 unspecified atom stereocenters. The Bertz CT molecular complexity index is 1060. The molecule has 7 nitrogen and oxygen atoms in total. The summed E-state index contributed by atoms with van der Waals surface area (Å²) in [6, 6.07) is 15.2. The second-order valence-corrected chi connectivity index (χ2v) is 6.55. The lowest BCUT2D eigenvalue weighted by Gasteiger charge is -2.11. The molecule has 1 amide bonds. The number of carbonyl (C=O) groups is 1. The molecule has 0 radical (unpaired) electrons. The second-order valence-electron chi connectivity index (χ2n) is 6.11. The van der Waals surface area contributed by atoms with Crippen LogP contribution in [0.2, 0.25) is 5.02 Å². The summed E-state index contributed by atoms with van der Waals surface area (Å²) in [5.74, 6) is 0.723. The minimum absolute atomic E-state index is 0.235. The van der Waals surface area contributed by atoms with Crippen LogP contribution < -0.4 is 20.3 Å². The first-order valence-electron chi connectivity index (χ1n) is 8.86. The molecular formula is C21H20ClN3O4. The first-order chi connectivity index (χ1) is 14.0. The number of aromatic nitrogens is 2. The van der Waals surface area contributed by atoms with Gasteiger partial charge in [0.05, 0.1) is 26.5 Å². The van der Waals surface area contributed by atoms with Crippen molar-refractivity contribution in [2.45, 2.75) is 6.54 Å². The van der Waals surface area contributed by atoms with Gasteiger partial charge in [0.1, 0.15) is 0 Å². The van der Waals surface area contributed by atoms with E-state index in [0.717, 1.165) is 5.56 Å². The third-order valence-electron chi connectivity index (χ3n) is 4.26. The number of halogens is 1. The van der Waals surface area contributed by atoms with Gasteiger partial charge in [-0.15, -0.1) is 0 Å². The van der Waals surface area contributed by atoms with Crippen molar-refractivity contribution in [3.8, 4) is 22.8 Å². The lowest BCUT2D eigenvalue weighted by atomic mass is 10.1. The zero-order valence-corrected chi connectivity index (χ0v) is 16.8. The summed E-state index contributed by atoms with van der Waals surface area (Å²) in [6.07, 6.45) is 0. The Labute approximate surface area is 172 Å². The minimum Gasteiger partial charge on any atom is -0.493 e. The summed E-state index contributed by atoms with van der Waals surface area (Å²) in [5, 5.41) is 7.77. The third kappa shape index (κ3) is 4.94. The van der Waals surface area contributed by atoms with Gasteiger partial charge in [0.25, 0.3) is 11.5 Å². The molecule has 0 aliphatic heterocycles. The average Bonchev–Trinajstić information content (AvgIpc) is 2.75. The number of hydrogen-bond acceptors (Lipinski definition) is 5. The number of hydrogen-bond donors (Lipinski definition) is 1. The van der Waals surface area contributed by atoms with Crippen molar-refractivity contribution in [3.05, 3.63) is 75.5 Å². The number of methoxy groups -OCH3 is 2. The monoisotopic (exact) mass is 413 g/mol. The number of carbonyl (C=O) groups excluding carboxylic acids is 1. The highest BCUT2D eigenvalue weighted by atomic mass is 35.5. The van der Waals surface area contributed by atoms with Gasteiger partial charge >= 0.3 is 0 Å². The Balaban J connectivity index is 1.67. The maximum atomic E-state index is 12.4. The van der Waals surface area contributed by atoms with Crippen LogP contribution in [0.15, 0.2) is 59.4 Å². The van der Waals surface area contributed by atoms with Gasteiger partial charge in [-0.1, -0.05) is 23.7 Å². The van der Waals surface area contributed by atoms with Crippen molar-refractivity contribution in [2.75, 3.05) is 20.8 Å². The average molecular weight is 414 g/mol. The fourth-order valence-corrected chi connectivity index (χ4v) is 2.86. The van der Waals surface area contributed by atoms with Gasteiger partial charge in [-0.2, -0.15) is 5.10 Å². The Kier molecular flexibility index (Phi) is 6.51. The van der Waals surface area contributed by atoms with Crippen molar-refractivity contribution in [2.24, 2.45) is 0 Å². The van der Waals surface area contributed by atoms with Crippen molar-refractivity contribution in [3.63, 3.8) is 0 Å².